The second-order valence-electron chi connectivity index (χ2n) is 7.05. The third-order valence-electron chi connectivity index (χ3n) is 4.83. The predicted octanol–water partition coefficient (Wildman–Crippen LogP) is 2.66. The van der Waals surface area contributed by atoms with E-state index in [2.05, 4.69) is 23.1 Å². The van der Waals surface area contributed by atoms with E-state index >= 15 is 0 Å². The second kappa shape index (κ2) is 7.25. The summed E-state index contributed by atoms with van der Waals surface area (Å²) >= 11 is 0. The number of carbonyl (C=O) groups excluding carboxylic acids is 1. The van der Waals surface area contributed by atoms with Crippen molar-refractivity contribution in [2.75, 3.05) is 25.5 Å². The normalized spacial score (nSPS) is 17.6. The first kappa shape index (κ1) is 17.5. The van der Waals surface area contributed by atoms with Crippen molar-refractivity contribution in [2.24, 2.45) is 0 Å². The minimum absolute atomic E-state index is 0.0942. The average molecular weight is 341 g/mol. The van der Waals surface area contributed by atoms with E-state index in [4.69, 9.17) is 0 Å². The summed E-state index contributed by atoms with van der Waals surface area (Å²) in [6.45, 7) is 5.65. The van der Waals surface area contributed by atoms with Crippen molar-refractivity contribution in [3.05, 3.63) is 41.3 Å². The van der Waals surface area contributed by atoms with Gasteiger partial charge in [-0.25, -0.2) is 4.98 Å². The van der Waals surface area contributed by atoms with E-state index in [9.17, 15) is 4.79 Å². The molecule has 0 N–H and O–H groups in total. The number of pyridine rings is 1. The standard InChI is InChI=1S/C19H27N5O/c1-14-11-15(2)24(21-14)13-17-7-5-6-10-23(17)19(25)16-8-9-20-18(12-16)22(3)4/h8-9,11-12,17H,5-7,10,13H2,1-4H3. The van der Waals surface area contributed by atoms with Crippen LogP contribution in [0.4, 0.5) is 5.82 Å². The molecule has 0 saturated carbocycles. The third kappa shape index (κ3) is 3.83. The number of piperidine rings is 1. The van der Waals surface area contributed by atoms with Gasteiger partial charge in [-0.1, -0.05) is 0 Å². The molecule has 1 aliphatic heterocycles. The van der Waals surface area contributed by atoms with Gasteiger partial charge in [0, 0.05) is 38.1 Å². The van der Waals surface area contributed by atoms with Crippen molar-refractivity contribution in [2.45, 2.75) is 45.7 Å². The summed E-state index contributed by atoms with van der Waals surface area (Å²) in [5, 5.41) is 4.57. The first-order valence-corrected chi connectivity index (χ1v) is 8.91. The molecule has 3 heterocycles. The fourth-order valence-electron chi connectivity index (χ4n) is 3.48. The van der Waals surface area contributed by atoms with Gasteiger partial charge in [0.05, 0.1) is 18.3 Å². The van der Waals surface area contributed by atoms with Crippen molar-refractivity contribution in [1.82, 2.24) is 19.7 Å². The number of rotatable bonds is 4. The molecule has 134 valence electrons. The highest BCUT2D eigenvalue weighted by atomic mass is 16.2. The molecule has 1 aliphatic rings. The molecule has 6 nitrogen and oxygen atoms in total. The maximum absolute atomic E-state index is 13.1. The topological polar surface area (TPSA) is 54.3 Å². The van der Waals surface area contributed by atoms with Gasteiger partial charge in [0.1, 0.15) is 5.82 Å². The summed E-state index contributed by atoms with van der Waals surface area (Å²) in [5.74, 6) is 0.898. The number of hydrogen-bond donors (Lipinski definition) is 0. The number of anilines is 1. The van der Waals surface area contributed by atoms with Crippen LogP contribution in [-0.2, 0) is 6.54 Å². The summed E-state index contributed by atoms with van der Waals surface area (Å²) in [6, 6.07) is 5.96. The zero-order chi connectivity index (χ0) is 18.0. The molecule has 1 fully saturated rings. The molecule has 0 bridgehead atoms. The average Bonchev–Trinajstić information content (AvgIpc) is 2.92. The maximum atomic E-state index is 13.1. The molecule has 2 aromatic heterocycles. The van der Waals surface area contributed by atoms with Crippen LogP contribution in [0.25, 0.3) is 0 Å². The Balaban J connectivity index is 1.81. The molecular formula is C19H27N5O. The van der Waals surface area contributed by atoms with Crippen molar-refractivity contribution < 1.29 is 4.79 Å². The number of nitrogens with zero attached hydrogens (tertiary/aromatic N) is 5. The number of aryl methyl sites for hydroxylation is 2. The zero-order valence-electron chi connectivity index (χ0n) is 15.6. The highest BCUT2D eigenvalue weighted by Crippen LogP contribution is 2.22. The zero-order valence-corrected chi connectivity index (χ0v) is 15.6. The molecule has 25 heavy (non-hydrogen) atoms. The number of carbonyl (C=O) groups is 1. The molecular weight excluding hydrogens is 314 g/mol. The van der Waals surface area contributed by atoms with Crippen LogP contribution in [0, 0.1) is 13.8 Å². The highest BCUT2D eigenvalue weighted by Gasteiger charge is 2.28. The van der Waals surface area contributed by atoms with Gasteiger partial charge >= 0.3 is 0 Å². The number of aromatic nitrogens is 3. The highest BCUT2D eigenvalue weighted by molar-refractivity contribution is 5.95. The molecule has 6 heteroatoms. The Morgan fingerprint density at radius 2 is 2.08 bits per heavy atom. The summed E-state index contributed by atoms with van der Waals surface area (Å²) in [7, 11) is 3.87. The number of hydrogen-bond acceptors (Lipinski definition) is 4. The Kier molecular flexibility index (Phi) is 5.06. The van der Waals surface area contributed by atoms with Crippen molar-refractivity contribution in [3.8, 4) is 0 Å². The maximum Gasteiger partial charge on any atom is 0.254 e. The van der Waals surface area contributed by atoms with E-state index < -0.39 is 0 Å². The van der Waals surface area contributed by atoms with Crippen LogP contribution in [0.15, 0.2) is 24.4 Å². The van der Waals surface area contributed by atoms with Gasteiger partial charge < -0.3 is 9.80 Å². The molecule has 0 aromatic carbocycles. The van der Waals surface area contributed by atoms with Gasteiger partial charge in [-0.15, -0.1) is 0 Å². The first-order valence-electron chi connectivity index (χ1n) is 8.91. The van der Waals surface area contributed by atoms with Gasteiger partial charge in [-0.2, -0.15) is 5.10 Å². The Hall–Kier alpha value is -2.37. The van der Waals surface area contributed by atoms with Crippen LogP contribution in [0.2, 0.25) is 0 Å². The third-order valence-corrected chi connectivity index (χ3v) is 4.83. The number of likely N-dealkylation sites (tertiary alicyclic amines) is 1. The quantitative estimate of drug-likeness (QED) is 0.858. The lowest BCUT2D eigenvalue weighted by molar-refractivity contribution is 0.0582. The Morgan fingerprint density at radius 3 is 2.76 bits per heavy atom. The lowest BCUT2D eigenvalue weighted by Gasteiger charge is -2.36. The molecule has 2 aromatic rings. The summed E-state index contributed by atoms with van der Waals surface area (Å²) in [4.78, 5) is 21.4. The Labute approximate surface area is 149 Å². The van der Waals surface area contributed by atoms with Crippen molar-refractivity contribution in [3.63, 3.8) is 0 Å². The molecule has 1 unspecified atom stereocenters. The fraction of sp³-hybridized carbons (Fsp3) is 0.526. The van der Waals surface area contributed by atoms with Crippen LogP contribution < -0.4 is 4.90 Å². The summed E-state index contributed by atoms with van der Waals surface area (Å²) in [5.41, 5.74) is 2.88. The Bertz CT molecular complexity index is 752. The van der Waals surface area contributed by atoms with E-state index in [1.807, 2.05) is 47.6 Å². The van der Waals surface area contributed by atoms with Gasteiger partial charge in [0.25, 0.3) is 5.91 Å². The lowest BCUT2D eigenvalue weighted by Crippen LogP contribution is -2.46. The van der Waals surface area contributed by atoms with Gasteiger partial charge in [-0.3, -0.25) is 9.48 Å². The molecule has 1 saturated heterocycles. The summed E-state index contributed by atoms with van der Waals surface area (Å²) < 4.78 is 2.03. The first-order chi connectivity index (χ1) is 12.0. The number of amides is 1. The van der Waals surface area contributed by atoms with Crippen LogP contribution in [0.3, 0.4) is 0 Å². The van der Waals surface area contributed by atoms with E-state index in [0.717, 1.165) is 49.6 Å². The Morgan fingerprint density at radius 1 is 1.28 bits per heavy atom. The largest absolute Gasteiger partial charge is 0.363 e. The summed E-state index contributed by atoms with van der Waals surface area (Å²) in [6.07, 6.45) is 4.95. The van der Waals surface area contributed by atoms with Gasteiger partial charge in [0.15, 0.2) is 0 Å². The minimum atomic E-state index is 0.0942. The van der Waals surface area contributed by atoms with Crippen LogP contribution in [0.5, 0.6) is 0 Å². The molecule has 0 spiro atoms. The smallest absolute Gasteiger partial charge is 0.254 e. The van der Waals surface area contributed by atoms with E-state index in [1.165, 1.54) is 0 Å². The monoisotopic (exact) mass is 341 g/mol. The van der Waals surface area contributed by atoms with E-state index in [0.29, 0.717) is 5.56 Å². The minimum Gasteiger partial charge on any atom is -0.363 e. The predicted molar refractivity (Wildman–Crippen MR) is 98.9 cm³/mol. The lowest BCUT2D eigenvalue weighted by atomic mass is 10.0. The van der Waals surface area contributed by atoms with Crippen molar-refractivity contribution >= 4 is 11.7 Å². The van der Waals surface area contributed by atoms with E-state index in [-0.39, 0.29) is 11.9 Å². The second-order valence-corrected chi connectivity index (χ2v) is 7.05. The van der Waals surface area contributed by atoms with Crippen LogP contribution in [0.1, 0.15) is 41.0 Å². The van der Waals surface area contributed by atoms with E-state index in [1.54, 1.807) is 6.20 Å². The van der Waals surface area contributed by atoms with Gasteiger partial charge in [-0.05, 0) is 51.3 Å². The molecule has 1 atom stereocenters. The van der Waals surface area contributed by atoms with Crippen LogP contribution >= 0.6 is 0 Å². The molecule has 1 amide bonds. The van der Waals surface area contributed by atoms with Crippen molar-refractivity contribution in [1.29, 1.82) is 0 Å². The molecule has 0 aliphatic carbocycles. The van der Waals surface area contributed by atoms with Gasteiger partial charge in [0.2, 0.25) is 0 Å². The fourth-order valence-corrected chi connectivity index (χ4v) is 3.48. The van der Waals surface area contributed by atoms with Crippen LogP contribution in [-0.4, -0.2) is 52.3 Å². The molecule has 3 rings (SSSR count). The SMILES string of the molecule is Cc1cc(C)n(CC2CCCCN2C(=O)c2ccnc(N(C)C)c2)n1. The molecule has 0 radical (unpaired) electrons.